The average molecular weight is 281 g/mol. The minimum atomic E-state index is -0.120. The maximum atomic E-state index is 11.5. The molecule has 5 heteroatoms. The molecule has 4 N–H and O–H groups in total. The van der Waals surface area contributed by atoms with E-state index in [1.54, 1.807) is 19.2 Å². The molecule has 0 radical (unpaired) electrons. The van der Waals surface area contributed by atoms with Gasteiger partial charge in [-0.1, -0.05) is 6.92 Å². The fourth-order valence-electron chi connectivity index (χ4n) is 1.72. The zero-order chi connectivity index (χ0) is 14.3. The van der Waals surface area contributed by atoms with Crippen LogP contribution in [0.25, 0.3) is 0 Å². The third-order valence-corrected chi connectivity index (χ3v) is 3.77. The molecule has 1 atom stereocenters. The van der Waals surface area contributed by atoms with Crippen molar-refractivity contribution in [2.45, 2.75) is 26.3 Å². The van der Waals surface area contributed by atoms with Crippen LogP contribution in [0.5, 0.6) is 0 Å². The van der Waals surface area contributed by atoms with E-state index in [2.05, 4.69) is 24.5 Å². The van der Waals surface area contributed by atoms with Crippen LogP contribution in [0.2, 0.25) is 0 Å². The zero-order valence-corrected chi connectivity index (χ0v) is 12.6. The van der Waals surface area contributed by atoms with E-state index in [-0.39, 0.29) is 5.91 Å². The summed E-state index contributed by atoms with van der Waals surface area (Å²) in [4.78, 5) is 11.5. The number of hydrogen-bond donors (Lipinski definition) is 3. The Balaban J connectivity index is 2.61. The summed E-state index contributed by atoms with van der Waals surface area (Å²) in [7, 11) is 1.61. The molecule has 4 nitrogen and oxygen atoms in total. The van der Waals surface area contributed by atoms with Gasteiger partial charge in [-0.2, -0.15) is 11.8 Å². The Labute approximate surface area is 119 Å². The maximum absolute atomic E-state index is 11.5. The van der Waals surface area contributed by atoms with Crippen LogP contribution >= 0.6 is 11.8 Å². The Hall–Kier alpha value is -1.36. The van der Waals surface area contributed by atoms with Crippen molar-refractivity contribution in [1.29, 1.82) is 0 Å². The van der Waals surface area contributed by atoms with Gasteiger partial charge in [-0.15, -0.1) is 0 Å². The second kappa shape index (κ2) is 7.94. The predicted molar refractivity (Wildman–Crippen MR) is 84.9 cm³/mol. The van der Waals surface area contributed by atoms with Crippen molar-refractivity contribution in [3.8, 4) is 0 Å². The summed E-state index contributed by atoms with van der Waals surface area (Å²) in [5.41, 5.74) is 8.05. The van der Waals surface area contributed by atoms with Gasteiger partial charge in [-0.05, 0) is 43.0 Å². The fraction of sp³-hybridized carbons (Fsp3) is 0.500. The van der Waals surface area contributed by atoms with E-state index >= 15 is 0 Å². The summed E-state index contributed by atoms with van der Waals surface area (Å²) in [5.74, 6) is 2.17. The van der Waals surface area contributed by atoms with E-state index in [4.69, 9.17) is 5.73 Å². The number of rotatable bonds is 7. The van der Waals surface area contributed by atoms with E-state index in [0.717, 1.165) is 23.6 Å². The van der Waals surface area contributed by atoms with Gasteiger partial charge in [-0.3, -0.25) is 4.79 Å². The second-order valence-corrected chi connectivity index (χ2v) is 5.81. The normalized spacial score (nSPS) is 11.9. The number of anilines is 2. The number of nitrogens with one attached hydrogen (secondary N) is 2. The molecule has 0 aromatic heterocycles. The molecular weight excluding hydrogens is 258 g/mol. The van der Waals surface area contributed by atoms with E-state index in [0.29, 0.717) is 17.3 Å². The van der Waals surface area contributed by atoms with Crippen molar-refractivity contribution in [3.63, 3.8) is 0 Å². The largest absolute Gasteiger partial charge is 0.397 e. The lowest BCUT2D eigenvalue weighted by Crippen LogP contribution is -2.19. The quantitative estimate of drug-likeness (QED) is 0.531. The first-order valence-corrected chi connectivity index (χ1v) is 7.69. The Bertz CT molecular complexity index is 423. The molecule has 0 spiro atoms. The van der Waals surface area contributed by atoms with Crippen LogP contribution < -0.4 is 16.4 Å². The molecule has 0 aliphatic rings. The van der Waals surface area contributed by atoms with Crippen LogP contribution in [0.15, 0.2) is 18.2 Å². The Kier molecular flexibility index (Phi) is 6.56. The van der Waals surface area contributed by atoms with Crippen molar-refractivity contribution in [1.82, 2.24) is 5.32 Å². The summed E-state index contributed by atoms with van der Waals surface area (Å²) in [6.45, 7) is 4.31. The van der Waals surface area contributed by atoms with Gasteiger partial charge in [0.25, 0.3) is 5.91 Å². The molecule has 0 fully saturated rings. The van der Waals surface area contributed by atoms with Crippen LogP contribution in [0, 0.1) is 0 Å². The molecule has 0 heterocycles. The molecule has 0 aliphatic carbocycles. The summed E-state index contributed by atoms with van der Waals surface area (Å²) < 4.78 is 0. The number of benzene rings is 1. The van der Waals surface area contributed by atoms with Gasteiger partial charge in [0.15, 0.2) is 0 Å². The number of thioether (sulfide) groups is 1. The lowest BCUT2D eigenvalue weighted by molar-refractivity contribution is 0.0963. The number of nitrogens with two attached hydrogens (primary N) is 1. The van der Waals surface area contributed by atoms with E-state index < -0.39 is 0 Å². The van der Waals surface area contributed by atoms with Crippen LogP contribution in [0.4, 0.5) is 11.4 Å². The fourth-order valence-corrected chi connectivity index (χ4v) is 2.53. The topological polar surface area (TPSA) is 67.2 Å². The first kappa shape index (κ1) is 15.7. The highest BCUT2D eigenvalue weighted by molar-refractivity contribution is 7.99. The standard InChI is InChI=1S/C14H23N3OS/c1-4-19-8-7-10(2)17-13-6-5-11(9-12(13)15)14(18)16-3/h5-6,9-10,17H,4,7-8,15H2,1-3H3,(H,16,18). The van der Waals surface area contributed by atoms with Crippen molar-refractivity contribution >= 4 is 29.0 Å². The average Bonchev–Trinajstić information content (AvgIpc) is 2.40. The van der Waals surface area contributed by atoms with Gasteiger partial charge in [0, 0.05) is 18.7 Å². The molecule has 1 unspecified atom stereocenters. The summed E-state index contributed by atoms with van der Waals surface area (Å²) in [5, 5.41) is 5.97. The number of nitrogen functional groups attached to an aromatic ring is 1. The summed E-state index contributed by atoms with van der Waals surface area (Å²) in [6.07, 6.45) is 1.09. The molecule has 1 amide bonds. The van der Waals surface area contributed by atoms with Gasteiger partial charge < -0.3 is 16.4 Å². The molecule has 0 aliphatic heterocycles. The van der Waals surface area contributed by atoms with E-state index in [1.165, 1.54) is 0 Å². The van der Waals surface area contributed by atoms with Crippen LogP contribution in [0.3, 0.4) is 0 Å². The first-order chi connectivity index (χ1) is 9.08. The highest BCUT2D eigenvalue weighted by Crippen LogP contribution is 2.21. The maximum Gasteiger partial charge on any atom is 0.251 e. The highest BCUT2D eigenvalue weighted by atomic mass is 32.2. The number of amides is 1. The molecule has 0 saturated heterocycles. The highest BCUT2D eigenvalue weighted by Gasteiger charge is 2.08. The van der Waals surface area contributed by atoms with Crippen molar-refractivity contribution in [2.75, 3.05) is 29.6 Å². The monoisotopic (exact) mass is 281 g/mol. The number of carbonyl (C=O) groups is 1. The van der Waals surface area contributed by atoms with E-state index in [1.807, 2.05) is 17.8 Å². The molecule has 0 saturated carbocycles. The lowest BCUT2D eigenvalue weighted by Gasteiger charge is -2.17. The van der Waals surface area contributed by atoms with Gasteiger partial charge >= 0.3 is 0 Å². The molecule has 0 bridgehead atoms. The predicted octanol–water partition coefficient (Wildman–Crippen LogP) is 2.57. The molecular formula is C14H23N3OS. The van der Waals surface area contributed by atoms with Gasteiger partial charge in [0.1, 0.15) is 0 Å². The lowest BCUT2D eigenvalue weighted by atomic mass is 10.1. The van der Waals surface area contributed by atoms with Crippen molar-refractivity contribution in [3.05, 3.63) is 23.8 Å². The third kappa shape index (κ3) is 5.03. The molecule has 19 heavy (non-hydrogen) atoms. The zero-order valence-electron chi connectivity index (χ0n) is 11.8. The number of hydrogen-bond acceptors (Lipinski definition) is 4. The van der Waals surface area contributed by atoms with Gasteiger partial charge in [-0.25, -0.2) is 0 Å². The SMILES string of the molecule is CCSCCC(C)Nc1ccc(C(=O)NC)cc1N. The molecule has 1 rings (SSSR count). The minimum Gasteiger partial charge on any atom is -0.397 e. The van der Waals surface area contributed by atoms with Gasteiger partial charge in [0.2, 0.25) is 0 Å². The smallest absolute Gasteiger partial charge is 0.251 e. The Morgan fingerprint density at radius 1 is 1.47 bits per heavy atom. The van der Waals surface area contributed by atoms with E-state index in [9.17, 15) is 4.79 Å². The molecule has 1 aromatic rings. The summed E-state index contributed by atoms with van der Waals surface area (Å²) >= 11 is 1.94. The number of carbonyl (C=O) groups excluding carboxylic acids is 1. The molecule has 106 valence electrons. The Morgan fingerprint density at radius 2 is 2.21 bits per heavy atom. The first-order valence-electron chi connectivity index (χ1n) is 6.54. The molecule has 1 aromatic carbocycles. The third-order valence-electron chi connectivity index (χ3n) is 2.84. The summed E-state index contributed by atoms with van der Waals surface area (Å²) in [6, 6.07) is 5.72. The van der Waals surface area contributed by atoms with Crippen LogP contribution in [-0.2, 0) is 0 Å². The van der Waals surface area contributed by atoms with Crippen molar-refractivity contribution < 1.29 is 4.79 Å². The van der Waals surface area contributed by atoms with Crippen LogP contribution in [-0.4, -0.2) is 30.5 Å². The minimum absolute atomic E-state index is 0.120. The van der Waals surface area contributed by atoms with Crippen molar-refractivity contribution in [2.24, 2.45) is 0 Å². The van der Waals surface area contributed by atoms with Crippen LogP contribution in [0.1, 0.15) is 30.6 Å². The Morgan fingerprint density at radius 3 is 2.79 bits per heavy atom. The van der Waals surface area contributed by atoms with Gasteiger partial charge in [0.05, 0.1) is 11.4 Å². The second-order valence-electron chi connectivity index (χ2n) is 4.41.